The SMILES string of the molecule is CC(C)(C)OC(=O)N1CCC(N)C(O)(C(=O)OC(C)(C)C)C1. The van der Waals surface area contributed by atoms with Gasteiger partial charge in [-0.15, -0.1) is 0 Å². The fraction of sp³-hybridized carbons (Fsp3) is 0.867. The summed E-state index contributed by atoms with van der Waals surface area (Å²) in [6, 6.07) is -0.791. The summed E-state index contributed by atoms with van der Waals surface area (Å²) in [7, 11) is 0. The zero-order valence-electron chi connectivity index (χ0n) is 14.3. The number of β-amino-alcohol motifs (C(OH)–C–C–N with tert-alkyl or cyclic N) is 1. The van der Waals surface area contributed by atoms with Crippen LogP contribution in [0.1, 0.15) is 48.0 Å². The Balaban J connectivity index is 2.86. The van der Waals surface area contributed by atoms with Crippen molar-refractivity contribution in [1.82, 2.24) is 4.90 Å². The molecule has 7 heteroatoms. The molecule has 1 rings (SSSR count). The maximum atomic E-state index is 12.3. The van der Waals surface area contributed by atoms with Crippen LogP contribution in [0.5, 0.6) is 0 Å². The van der Waals surface area contributed by atoms with Gasteiger partial charge in [0.2, 0.25) is 0 Å². The summed E-state index contributed by atoms with van der Waals surface area (Å²) < 4.78 is 10.5. The number of hydrogen-bond donors (Lipinski definition) is 2. The van der Waals surface area contributed by atoms with Gasteiger partial charge in [0.15, 0.2) is 5.60 Å². The van der Waals surface area contributed by atoms with Gasteiger partial charge in [-0.25, -0.2) is 9.59 Å². The predicted octanol–water partition coefficient (Wildman–Crippen LogP) is 1.03. The van der Waals surface area contributed by atoms with Gasteiger partial charge in [0.05, 0.1) is 6.54 Å². The number of piperidine rings is 1. The normalized spacial score (nSPS) is 26.5. The molecule has 0 saturated carbocycles. The molecule has 2 atom stereocenters. The third-order valence-electron chi connectivity index (χ3n) is 3.16. The van der Waals surface area contributed by atoms with Gasteiger partial charge in [-0.3, -0.25) is 0 Å². The first-order valence-electron chi connectivity index (χ1n) is 7.44. The van der Waals surface area contributed by atoms with Crippen LogP contribution in [0.25, 0.3) is 0 Å². The number of nitrogens with two attached hydrogens (primary N) is 1. The van der Waals surface area contributed by atoms with Crippen molar-refractivity contribution in [2.45, 2.75) is 70.8 Å². The highest BCUT2D eigenvalue weighted by Gasteiger charge is 2.50. The second-order valence-electron chi connectivity index (χ2n) is 7.72. The Hall–Kier alpha value is -1.34. The van der Waals surface area contributed by atoms with E-state index >= 15 is 0 Å². The lowest BCUT2D eigenvalue weighted by Gasteiger charge is -2.42. The van der Waals surface area contributed by atoms with Crippen molar-refractivity contribution in [3.05, 3.63) is 0 Å². The number of likely N-dealkylation sites (tertiary alicyclic amines) is 1. The summed E-state index contributed by atoms with van der Waals surface area (Å²) in [5.74, 6) is -0.819. The molecule has 0 radical (unpaired) electrons. The van der Waals surface area contributed by atoms with E-state index < -0.39 is 34.9 Å². The molecule has 1 heterocycles. The number of amides is 1. The third kappa shape index (κ3) is 4.84. The van der Waals surface area contributed by atoms with Gasteiger partial charge in [0.25, 0.3) is 0 Å². The van der Waals surface area contributed by atoms with E-state index in [2.05, 4.69) is 0 Å². The van der Waals surface area contributed by atoms with Crippen LogP contribution in [0, 0.1) is 0 Å². The van der Waals surface area contributed by atoms with Crippen molar-refractivity contribution in [3.63, 3.8) is 0 Å². The molecule has 0 aromatic heterocycles. The molecule has 1 fully saturated rings. The number of nitrogens with zero attached hydrogens (tertiary/aromatic N) is 1. The quantitative estimate of drug-likeness (QED) is 0.700. The maximum Gasteiger partial charge on any atom is 0.410 e. The molecular formula is C15H28N2O5. The van der Waals surface area contributed by atoms with Crippen LogP contribution in [0.4, 0.5) is 4.79 Å². The van der Waals surface area contributed by atoms with Crippen LogP contribution in [-0.2, 0) is 14.3 Å². The molecule has 22 heavy (non-hydrogen) atoms. The lowest BCUT2D eigenvalue weighted by molar-refractivity contribution is -0.184. The van der Waals surface area contributed by atoms with E-state index in [-0.39, 0.29) is 13.0 Å². The lowest BCUT2D eigenvalue weighted by atomic mass is 9.88. The molecule has 0 aromatic rings. The largest absolute Gasteiger partial charge is 0.458 e. The molecule has 1 aliphatic heterocycles. The van der Waals surface area contributed by atoms with Gasteiger partial charge in [-0.2, -0.15) is 0 Å². The van der Waals surface area contributed by atoms with Crippen molar-refractivity contribution < 1.29 is 24.2 Å². The Kier molecular flexibility index (Phi) is 5.14. The van der Waals surface area contributed by atoms with E-state index in [1.54, 1.807) is 41.5 Å². The first kappa shape index (κ1) is 18.7. The Morgan fingerprint density at radius 3 is 2.09 bits per heavy atom. The van der Waals surface area contributed by atoms with Gasteiger partial charge < -0.3 is 25.2 Å². The summed E-state index contributed by atoms with van der Waals surface area (Å²) in [4.78, 5) is 25.7. The van der Waals surface area contributed by atoms with Gasteiger partial charge in [-0.05, 0) is 48.0 Å². The molecule has 1 amide bonds. The fourth-order valence-corrected chi connectivity index (χ4v) is 2.09. The highest BCUT2D eigenvalue weighted by atomic mass is 16.6. The van der Waals surface area contributed by atoms with Crippen LogP contribution in [-0.4, -0.2) is 58.0 Å². The smallest absolute Gasteiger partial charge is 0.410 e. The molecule has 0 bridgehead atoms. The minimum Gasteiger partial charge on any atom is -0.458 e. The number of rotatable bonds is 1. The Morgan fingerprint density at radius 2 is 1.64 bits per heavy atom. The van der Waals surface area contributed by atoms with Crippen LogP contribution >= 0.6 is 0 Å². The number of hydrogen-bond acceptors (Lipinski definition) is 6. The number of esters is 1. The van der Waals surface area contributed by atoms with Crippen molar-refractivity contribution in [2.24, 2.45) is 5.73 Å². The molecule has 1 saturated heterocycles. The first-order chi connectivity index (χ1) is 9.74. The monoisotopic (exact) mass is 316 g/mol. The molecule has 128 valence electrons. The van der Waals surface area contributed by atoms with Crippen molar-refractivity contribution in [1.29, 1.82) is 0 Å². The van der Waals surface area contributed by atoms with Crippen molar-refractivity contribution in [3.8, 4) is 0 Å². The Labute approximate surface area is 131 Å². The molecule has 0 aliphatic carbocycles. The number of carbonyl (C=O) groups excluding carboxylic acids is 2. The molecule has 3 N–H and O–H groups in total. The standard InChI is InChI=1S/C15H28N2O5/c1-13(2,3)21-11(18)15(20)9-17(8-7-10(15)16)12(19)22-14(4,5)6/h10,20H,7-9,16H2,1-6H3. The van der Waals surface area contributed by atoms with Gasteiger partial charge in [-0.1, -0.05) is 0 Å². The molecule has 0 aromatic carbocycles. The molecule has 2 unspecified atom stereocenters. The summed E-state index contributed by atoms with van der Waals surface area (Å²) in [6.07, 6.45) is -0.295. The number of aliphatic hydroxyl groups is 1. The second kappa shape index (κ2) is 6.04. The summed E-state index contributed by atoms with van der Waals surface area (Å²) in [5, 5.41) is 10.6. The van der Waals surface area contributed by atoms with Crippen molar-refractivity contribution in [2.75, 3.05) is 13.1 Å². The molecular weight excluding hydrogens is 288 g/mol. The first-order valence-corrected chi connectivity index (χ1v) is 7.44. The van der Waals surface area contributed by atoms with Gasteiger partial charge in [0.1, 0.15) is 11.2 Å². The van der Waals surface area contributed by atoms with E-state index in [0.29, 0.717) is 6.54 Å². The summed E-state index contributed by atoms with van der Waals surface area (Å²) in [5.41, 5.74) is 2.56. The minimum absolute atomic E-state index is 0.238. The highest BCUT2D eigenvalue weighted by molar-refractivity contribution is 5.82. The van der Waals surface area contributed by atoms with Crippen molar-refractivity contribution >= 4 is 12.1 Å². The summed E-state index contributed by atoms with van der Waals surface area (Å²) in [6.45, 7) is 10.4. The minimum atomic E-state index is -1.93. The zero-order chi connectivity index (χ0) is 17.3. The summed E-state index contributed by atoms with van der Waals surface area (Å²) >= 11 is 0. The van der Waals surface area contributed by atoms with E-state index in [1.165, 1.54) is 4.90 Å². The van der Waals surface area contributed by atoms with Crippen LogP contribution in [0.15, 0.2) is 0 Å². The lowest BCUT2D eigenvalue weighted by Crippen LogP contribution is -2.66. The predicted molar refractivity (Wildman–Crippen MR) is 81.2 cm³/mol. The van der Waals surface area contributed by atoms with E-state index in [9.17, 15) is 14.7 Å². The highest BCUT2D eigenvalue weighted by Crippen LogP contribution is 2.25. The van der Waals surface area contributed by atoms with Gasteiger partial charge in [0, 0.05) is 12.6 Å². The van der Waals surface area contributed by atoms with E-state index in [1.807, 2.05) is 0 Å². The topological polar surface area (TPSA) is 102 Å². The average molecular weight is 316 g/mol. The Morgan fingerprint density at radius 1 is 1.14 bits per heavy atom. The van der Waals surface area contributed by atoms with Crippen LogP contribution in [0.3, 0.4) is 0 Å². The Bertz CT molecular complexity index is 438. The third-order valence-corrected chi connectivity index (χ3v) is 3.16. The van der Waals surface area contributed by atoms with Gasteiger partial charge >= 0.3 is 12.1 Å². The maximum absolute atomic E-state index is 12.3. The fourth-order valence-electron chi connectivity index (χ4n) is 2.09. The van der Waals surface area contributed by atoms with E-state index in [0.717, 1.165) is 0 Å². The number of carbonyl (C=O) groups is 2. The zero-order valence-corrected chi connectivity index (χ0v) is 14.3. The number of ether oxygens (including phenoxy) is 2. The average Bonchev–Trinajstić information content (AvgIpc) is 2.28. The molecule has 7 nitrogen and oxygen atoms in total. The second-order valence-corrected chi connectivity index (χ2v) is 7.72. The van der Waals surface area contributed by atoms with E-state index in [4.69, 9.17) is 15.2 Å². The van der Waals surface area contributed by atoms with Crippen LogP contribution in [0.2, 0.25) is 0 Å². The van der Waals surface area contributed by atoms with Crippen LogP contribution < -0.4 is 5.73 Å². The molecule has 1 aliphatic rings. The molecule has 0 spiro atoms.